The Hall–Kier alpha value is -2.23. The first-order valence-corrected chi connectivity index (χ1v) is 4.98. The molecule has 0 aliphatic carbocycles. The first-order chi connectivity index (χ1) is 7.75. The Kier molecular flexibility index (Phi) is 2.91. The minimum atomic E-state index is 0.167. The Bertz CT molecular complexity index is 471. The third kappa shape index (κ3) is 2.42. The van der Waals surface area contributed by atoms with E-state index in [2.05, 4.69) is 10.3 Å². The molecule has 4 nitrogen and oxygen atoms in total. The summed E-state index contributed by atoms with van der Waals surface area (Å²) in [6.45, 7) is 0.607. The van der Waals surface area contributed by atoms with E-state index in [0.717, 1.165) is 11.4 Å². The fourth-order valence-electron chi connectivity index (χ4n) is 1.40. The number of hydrogen-bond donors (Lipinski definition) is 3. The average Bonchev–Trinajstić information content (AvgIpc) is 2.29. The van der Waals surface area contributed by atoms with E-state index in [9.17, 15) is 5.11 Å². The summed E-state index contributed by atoms with van der Waals surface area (Å²) in [5, 5.41) is 12.4. The van der Waals surface area contributed by atoms with Crippen molar-refractivity contribution >= 4 is 11.4 Å². The average molecular weight is 215 g/mol. The number of nitrogen functional groups attached to an aromatic ring is 1. The summed E-state index contributed by atoms with van der Waals surface area (Å²) in [5.74, 6) is 0.167. The molecular formula is C12H13N3O. The predicted octanol–water partition coefficient (Wildman–Crippen LogP) is 1.98. The maximum absolute atomic E-state index is 9.20. The van der Waals surface area contributed by atoms with Crippen molar-refractivity contribution < 1.29 is 5.11 Å². The molecule has 0 spiro atoms. The fourth-order valence-corrected chi connectivity index (χ4v) is 1.40. The monoisotopic (exact) mass is 215 g/mol. The van der Waals surface area contributed by atoms with Gasteiger partial charge in [0.05, 0.1) is 23.6 Å². The number of anilines is 2. The normalized spacial score (nSPS) is 10.0. The molecule has 1 aromatic carbocycles. The molecule has 0 fully saturated rings. The lowest BCUT2D eigenvalue weighted by atomic mass is 10.2. The second-order valence-corrected chi connectivity index (χ2v) is 3.45. The molecule has 0 saturated heterocycles. The number of hydrogen-bond acceptors (Lipinski definition) is 4. The van der Waals surface area contributed by atoms with Crippen molar-refractivity contribution in [2.75, 3.05) is 11.1 Å². The minimum absolute atomic E-state index is 0.167. The first-order valence-electron chi connectivity index (χ1n) is 4.98. The molecule has 82 valence electrons. The zero-order chi connectivity index (χ0) is 11.4. The second-order valence-electron chi connectivity index (χ2n) is 3.45. The number of nitrogens with one attached hydrogen (secondary N) is 1. The number of rotatable bonds is 3. The van der Waals surface area contributed by atoms with Crippen LogP contribution < -0.4 is 11.1 Å². The maximum atomic E-state index is 9.20. The summed E-state index contributed by atoms with van der Waals surface area (Å²) < 4.78 is 0. The highest BCUT2D eigenvalue weighted by atomic mass is 16.3. The molecule has 2 aromatic rings. The molecule has 0 saturated carbocycles. The number of aromatic hydroxyl groups is 1. The molecule has 1 aromatic heterocycles. The number of phenols is 1. The molecule has 0 aliphatic heterocycles. The predicted molar refractivity (Wildman–Crippen MR) is 64.1 cm³/mol. The summed E-state index contributed by atoms with van der Waals surface area (Å²) in [5.41, 5.74) is 8.00. The van der Waals surface area contributed by atoms with Gasteiger partial charge < -0.3 is 16.2 Å². The molecule has 16 heavy (non-hydrogen) atoms. The number of nitrogens with two attached hydrogens (primary N) is 1. The SMILES string of the molecule is Nc1cc(O)ccc1NCc1ccccn1. The Morgan fingerprint density at radius 1 is 1.25 bits per heavy atom. The van der Waals surface area contributed by atoms with Crippen molar-refractivity contribution in [2.24, 2.45) is 0 Å². The lowest BCUT2D eigenvalue weighted by Gasteiger charge is -2.08. The van der Waals surface area contributed by atoms with Gasteiger partial charge in [-0.2, -0.15) is 0 Å². The standard InChI is InChI=1S/C12H13N3O/c13-11-7-10(16)4-5-12(11)15-8-9-3-1-2-6-14-9/h1-7,15-16H,8,13H2. The van der Waals surface area contributed by atoms with Gasteiger partial charge in [0.25, 0.3) is 0 Å². The van der Waals surface area contributed by atoms with Gasteiger partial charge in [0.15, 0.2) is 0 Å². The quantitative estimate of drug-likeness (QED) is 0.541. The van der Waals surface area contributed by atoms with Gasteiger partial charge in [-0.25, -0.2) is 0 Å². The Morgan fingerprint density at radius 2 is 2.12 bits per heavy atom. The molecule has 0 unspecified atom stereocenters. The van der Waals surface area contributed by atoms with Crippen LogP contribution >= 0.6 is 0 Å². The first kappa shape index (κ1) is 10.3. The third-order valence-electron chi connectivity index (χ3n) is 2.22. The van der Waals surface area contributed by atoms with Gasteiger partial charge in [0.2, 0.25) is 0 Å². The Labute approximate surface area is 93.8 Å². The van der Waals surface area contributed by atoms with Gasteiger partial charge in [-0.15, -0.1) is 0 Å². The number of aromatic nitrogens is 1. The summed E-state index contributed by atoms with van der Waals surface area (Å²) in [7, 11) is 0. The smallest absolute Gasteiger partial charge is 0.117 e. The molecule has 2 rings (SSSR count). The number of nitrogens with zero attached hydrogens (tertiary/aromatic N) is 1. The molecule has 0 amide bonds. The van der Waals surface area contributed by atoms with E-state index in [1.807, 2.05) is 18.2 Å². The molecule has 0 bridgehead atoms. The van der Waals surface area contributed by atoms with Gasteiger partial charge in [-0.3, -0.25) is 4.98 Å². The number of phenolic OH excluding ortho intramolecular Hbond substituents is 1. The van der Waals surface area contributed by atoms with Crippen molar-refractivity contribution in [1.29, 1.82) is 0 Å². The van der Waals surface area contributed by atoms with E-state index in [1.165, 1.54) is 6.07 Å². The van der Waals surface area contributed by atoms with E-state index in [4.69, 9.17) is 5.73 Å². The Morgan fingerprint density at radius 3 is 2.81 bits per heavy atom. The summed E-state index contributed by atoms with van der Waals surface area (Å²) in [6, 6.07) is 10.6. The summed E-state index contributed by atoms with van der Waals surface area (Å²) >= 11 is 0. The topological polar surface area (TPSA) is 71.2 Å². The molecule has 0 aliphatic rings. The summed E-state index contributed by atoms with van der Waals surface area (Å²) in [4.78, 5) is 4.19. The van der Waals surface area contributed by atoms with Gasteiger partial charge in [0.1, 0.15) is 5.75 Å². The zero-order valence-electron chi connectivity index (χ0n) is 8.72. The third-order valence-corrected chi connectivity index (χ3v) is 2.22. The van der Waals surface area contributed by atoms with Crippen LogP contribution in [0.2, 0.25) is 0 Å². The highest BCUT2D eigenvalue weighted by Gasteiger charge is 2.00. The maximum Gasteiger partial charge on any atom is 0.117 e. The van der Waals surface area contributed by atoms with E-state index < -0.39 is 0 Å². The van der Waals surface area contributed by atoms with Gasteiger partial charge in [-0.1, -0.05) is 6.07 Å². The van der Waals surface area contributed by atoms with Crippen molar-refractivity contribution in [3.8, 4) is 5.75 Å². The van der Waals surface area contributed by atoms with Crippen molar-refractivity contribution in [2.45, 2.75) is 6.54 Å². The van der Waals surface area contributed by atoms with Crippen LogP contribution in [0.3, 0.4) is 0 Å². The van der Waals surface area contributed by atoms with Crippen LogP contribution in [0.25, 0.3) is 0 Å². The van der Waals surface area contributed by atoms with Crippen LogP contribution in [0, 0.1) is 0 Å². The van der Waals surface area contributed by atoms with E-state index in [1.54, 1.807) is 18.3 Å². The lowest BCUT2D eigenvalue weighted by molar-refractivity contribution is 0.476. The minimum Gasteiger partial charge on any atom is -0.508 e. The largest absolute Gasteiger partial charge is 0.508 e. The molecule has 0 atom stereocenters. The fraction of sp³-hybridized carbons (Fsp3) is 0.0833. The van der Waals surface area contributed by atoms with Crippen LogP contribution in [-0.2, 0) is 6.54 Å². The lowest BCUT2D eigenvalue weighted by Crippen LogP contribution is -2.03. The molecule has 0 radical (unpaired) electrons. The van der Waals surface area contributed by atoms with Crippen LogP contribution in [0.15, 0.2) is 42.6 Å². The molecule has 1 heterocycles. The van der Waals surface area contributed by atoms with Crippen molar-refractivity contribution in [1.82, 2.24) is 4.98 Å². The highest BCUT2D eigenvalue weighted by molar-refractivity contribution is 5.67. The van der Waals surface area contributed by atoms with Crippen LogP contribution in [0.4, 0.5) is 11.4 Å². The van der Waals surface area contributed by atoms with E-state index >= 15 is 0 Å². The van der Waals surface area contributed by atoms with E-state index in [-0.39, 0.29) is 5.75 Å². The molecular weight excluding hydrogens is 202 g/mol. The van der Waals surface area contributed by atoms with E-state index in [0.29, 0.717) is 12.2 Å². The second kappa shape index (κ2) is 4.53. The Balaban J connectivity index is 2.05. The van der Waals surface area contributed by atoms with Crippen molar-refractivity contribution in [3.05, 3.63) is 48.3 Å². The van der Waals surface area contributed by atoms with Gasteiger partial charge >= 0.3 is 0 Å². The van der Waals surface area contributed by atoms with Crippen molar-refractivity contribution in [3.63, 3.8) is 0 Å². The summed E-state index contributed by atoms with van der Waals surface area (Å²) in [6.07, 6.45) is 1.75. The number of pyridine rings is 1. The van der Waals surface area contributed by atoms with Gasteiger partial charge in [-0.05, 0) is 24.3 Å². The van der Waals surface area contributed by atoms with Gasteiger partial charge in [0, 0.05) is 12.3 Å². The van der Waals surface area contributed by atoms with Crippen LogP contribution in [0.1, 0.15) is 5.69 Å². The molecule has 4 heteroatoms. The highest BCUT2D eigenvalue weighted by Crippen LogP contribution is 2.23. The molecule has 4 N–H and O–H groups in total. The zero-order valence-corrected chi connectivity index (χ0v) is 8.72. The van der Waals surface area contributed by atoms with Crippen LogP contribution in [0.5, 0.6) is 5.75 Å². The number of benzene rings is 1. The van der Waals surface area contributed by atoms with Crippen LogP contribution in [-0.4, -0.2) is 10.1 Å².